The summed E-state index contributed by atoms with van der Waals surface area (Å²) in [5.74, 6) is -0.997. The van der Waals surface area contributed by atoms with Crippen molar-refractivity contribution in [3.63, 3.8) is 0 Å². The molecular weight excluding hydrogens is 222 g/mol. The van der Waals surface area contributed by atoms with E-state index in [9.17, 15) is 9.59 Å². The maximum absolute atomic E-state index is 11.6. The van der Waals surface area contributed by atoms with Crippen molar-refractivity contribution in [2.75, 3.05) is 31.3 Å². The van der Waals surface area contributed by atoms with Gasteiger partial charge in [0, 0.05) is 12.7 Å². The van der Waals surface area contributed by atoms with Crippen LogP contribution in [0, 0.1) is 0 Å². The van der Waals surface area contributed by atoms with Crippen LogP contribution in [0.3, 0.4) is 0 Å². The Morgan fingerprint density at radius 3 is 2.59 bits per heavy atom. The summed E-state index contributed by atoms with van der Waals surface area (Å²) in [5, 5.41) is 0. The molecule has 0 atom stereocenters. The van der Waals surface area contributed by atoms with E-state index in [1.165, 1.54) is 13.2 Å². The second kappa shape index (κ2) is 5.20. The molecule has 17 heavy (non-hydrogen) atoms. The van der Waals surface area contributed by atoms with Crippen LogP contribution in [0.2, 0.25) is 0 Å². The molecule has 0 bridgehead atoms. The second-order valence-corrected chi connectivity index (χ2v) is 3.59. The van der Waals surface area contributed by atoms with Gasteiger partial charge in [-0.05, 0) is 18.2 Å². The van der Waals surface area contributed by atoms with E-state index in [-0.39, 0.29) is 6.54 Å². The molecule has 0 unspecified atom stereocenters. The smallest absolute Gasteiger partial charge is 0.340 e. The van der Waals surface area contributed by atoms with Crippen molar-refractivity contribution < 1.29 is 14.3 Å². The maximum Gasteiger partial charge on any atom is 0.340 e. The molecule has 1 aromatic carbocycles. The number of likely N-dealkylation sites (N-methyl/N-ethyl adjacent to an activating group) is 1. The third kappa shape index (κ3) is 3.10. The summed E-state index contributed by atoms with van der Waals surface area (Å²) in [6.07, 6.45) is 0. The van der Waals surface area contributed by atoms with Gasteiger partial charge in [0.25, 0.3) is 0 Å². The number of nitrogens with two attached hydrogens (primary N) is 2. The molecule has 0 aromatic heterocycles. The molecule has 6 heteroatoms. The zero-order chi connectivity index (χ0) is 13.0. The topological polar surface area (TPSA) is 98.7 Å². The number of hydrogen-bond donors (Lipinski definition) is 2. The first-order valence-electron chi connectivity index (χ1n) is 4.93. The summed E-state index contributed by atoms with van der Waals surface area (Å²) in [4.78, 5) is 24.0. The number of amides is 1. The predicted octanol–water partition coefficient (Wildman–Crippen LogP) is -0.0231. The van der Waals surface area contributed by atoms with Crippen molar-refractivity contribution in [2.45, 2.75) is 0 Å². The van der Waals surface area contributed by atoms with Crippen molar-refractivity contribution in [1.82, 2.24) is 0 Å². The third-order valence-corrected chi connectivity index (χ3v) is 2.23. The standard InChI is InChI=1S/C11H15N3O3/c1-14(6-10(13)15)9-4-3-7(12)5-8(9)11(16)17-2/h3-5H,6,12H2,1-2H3,(H2,13,15). The molecule has 0 aliphatic rings. The summed E-state index contributed by atoms with van der Waals surface area (Å²) in [6.45, 7) is 0.00785. The number of primary amides is 1. The van der Waals surface area contributed by atoms with Crippen molar-refractivity contribution in [3.05, 3.63) is 23.8 Å². The van der Waals surface area contributed by atoms with E-state index in [0.29, 0.717) is 16.9 Å². The number of nitrogens with zero attached hydrogens (tertiary/aromatic N) is 1. The van der Waals surface area contributed by atoms with Gasteiger partial charge in [-0.25, -0.2) is 4.79 Å². The SMILES string of the molecule is COC(=O)c1cc(N)ccc1N(C)CC(N)=O. The van der Waals surface area contributed by atoms with Crippen molar-refractivity contribution in [1.29, 1.82) is 0 Å². The van der Waals surface area contributed by atoms with Crippen molar-refractivity contribution in [3.8, 4) is 0 Å². The zero-order valence-corrected chi connectivity index (χ0v) is 9.77. The lowest BCUT2D eigenvalue weighted by molar-refractivity contribution is -0.116. The minimum atomic E-state index is -0.511. The van der Waals surface area contributed by atoms with Crippen LogP contribution in [-0.4, -0.2) is 32.6 Å². The molecule has 0 fully saturated rings. The average molecular weight is 237 g/mol. The fourth-order valence-corrected chi connectivity index (χ4v) is 1.48. The molecular formula is C11H15N3O3. The van der Waals surface area contributed by atoms with E-state index in [1.54, 1.807) is 24.1 Å². The first kappa shape index (κ1) is 12.8. The Morgan fingerprint density at radius 1 is 1.41 bits per heavy atom. The molecule has 6 nitrogen and oxygen atoms in total. The van der Waals surface area contributed by atoms with E-state index in [0.717, 1.165) is 0 Å². The number of rotatable bonds is 4. The Hall–Kier alpha value is -2.24. The van der Waals surface area contributed by atoms with Crippen LogP contribution in [0.4, 0.5) is 11.4 Å². The average Bonchev–Trinajstić information content (AvgIpc) is 2.26. The highest BCUT2D eigenvalue weighted by Crippen LogP contribution is 2.22. The van der Waals surface area contributed by atoms with Gasteiger partial charge in [-0.1, -0.05) is 0 Å². The fourth-order valence-electron chi connectivity index (χ4n) is 1.48. The van der Waals surface area contributed by atoms with Crippen molar-refractivity contribution >= 4 is 23.3 Å². The molecule has 4 N–H and O–H groups in total. The highest BCUT2D eigenvalue weighted by molar-refractivity contribution is 5.97. The number of carbonyl (C=O) groups excluding carboxylic acids is 2. The van der Waals surface area contributed by atoms with Crippen LogP contribution >= 0.6 is 0 Å². The monoisotopic (exact) mass is 237 g/mol. The molecule has 1 amide bonds. The van der Waals surface area contributed by atoms with Gasteiger partial charge in [-0.3, -0.25) is 4.79 Å². The molecule has 0 heterocycles. The van der Waals surface area contributed by atoms with Crippen LogP contribution in [0.25, 0.3) is 0 Å². The van der Waals surface area contributed by atoms with Crippen molar-refractivity contribution in [2.24, 2.45) is 5.73 Å². The van der Waals surface area contributed by atoms with E-state index < -0.39 is 11.9 Å². The molecule has 0 aliphatic carbocycles. The van der Waals surface area contributed by atoms with E-state index in [2.05, 4.69) is 4.74 Å². The summed E-state index contributed by atoms with van der Waals surface area (Å²) in [5.41, 5.74) is 12.0. The number of carbonyl (C=O) groups is 2. The number of esters is 1. The zero-order valence-electron chi connectivity index (χ0n) is 9.77. The summed E-state index contributed by atoms with van der Waals surface area (Å²) < 4.78 is 4.65. The number of benzene rings is 1. The van der Waals surface area contributed by atoms with Gasteiger partial charge in [-0.15, -0.1) is 0 Å². The molecule has 92 valence electrons. The Balaban J connectivity index is 3.13. The van der Waals surface area contributed by atoms with Crippen LogP contribution < -0.4 is 16.4 Å². The largest absolute Gasteiger partial charge is 0.465 e. The number of ether oxygens (including phenoxy) is 1. The summed E-state index contributed by atoms with van der Waals surface area (Å²) in [7, 11) is 2.94. The Morgan fingerprint density at radius 2 is 2.06 bits per heavy atom. The van der Waals surface area contributed by atoms with Crippen LogP contribution in [0.15, 0.2) is 18.2 Å². The molecule has 0 radical (unpaired) electrons. The molecule has 0 saturated carbocycles. The van der Waals surface area contributed by atoms with Gasteiger partial charge < -0.3 is 21.1 Å². The van der Waals surface area contributed by atoms with Gasteiger partial charge in [-0.2, -0.15) is 0 Å². The predicted molar refractivity (Wildman–Crippen MR) is 64.7 cm³/mol. The van der Waals surface area contributed by atoms with Gasteiger partial charge in [0.05, 0.1) is 24.9 Å². The number of nitrogen functional groups attached to an aromatic ring is 1. The van der Waals surface area contributed by atoms with Crippen LogP contribution in [0.5, 0.6) is 0 Å². The normalized spacial score (nSPS) is 9.76. The molecule has 1 rings (SSSR count). The van der Waals surface area contributed by atoms with E-state index in [1.807, 2.05) is 0 Å². The Bertz CT molecular complexity index is 446. The highest BCUT2D eigenvalue weighted by atomic mass is 16.5. The van der Waals surface area contributed by atoms with Gasteiger partial charge in [0.1, 0.15) is 0 Å². The Labute approximate surface area is 99.1 Å². The fraction of sp³-hybridized carbons (Fsp3) is 0.273. The van der Waals surface area contributed by atoms with Gasteiger partial charge in [0.15, 0.2) is 0 Å². The minimum absolute atomic E-state index is 0.00785. The molecule has 0 saturated heterocycles. The highest BCUT2D eigenvalue weighted by Gasteiger charge is 2.16. The van der Waals surface area contributed by atoms with Crippen LogP contribution in [0.1, 0.15) is 10.4 Å². The first-order valence-corrected chi connectivity index (χ1v) is 4.93. The Kier molecular flexibility index (Phi) is 3.92. The molecule has 0 spiro atoms. The lowest BCUT2D eigenvalue weighted by Gasteiger charge is -2.20. The number of hydrogen-bond acceptors (Lipinski definition) is 5. The second-order valence-electron chi connectivity index (χ2n) is 3.59. The number of anilines is 2. The van der Waals surface area contributed by atoms with Gasteiger partial charge in [0.2, 0.25) is 5.91 Å². The van der Waals surface area contributed by atoms with E-state index in [4.69, 9.17) is 11.5 Å². The third-order valence-electron chi connectivity index (χ3n) is 2.23. The van der Waals surface area contributed by atoms with E-state index >= 15 is 0 Å². The summed E-state index contributed by atoms with van der Waals surface area (Å²) in [6, 6.07) is 4.78. The lowest BCUT2D eigenvalue weighted by Crippen LogP contribution is -2.31. The molecule has 1 aromatic rings. The van der Waals surface area contributed by atoms with Gasteiger partial charge >= 0.3 is 5.97 Å². The minimum Gasteiger partial charge on any atom is -0.465 e. The quantitative estimate of drug-likeness (QED) is 0.566. The van der Waals surface area contributed by atoms with Crippen LogP contribution in [-0.2, 0) is 9.53 Å². The molecule has 0 aliphatic heterocycles. The first-order chi connectivity index (χ1) is 7.95. The maximum atomic E-state index is 11.6. The number of methoxy groups -OCH3 is 1. The summed E-state index contributed by atoms with van der Waals surface area (Å²) >= 11 is 0. The lowest BCUT2D eigenvalue weighted by atomic mass is 10.1.